The van der Waals surface area contributed by atoms with Crippen LogP contribution in [0.5, 0.6) is 0 Å². The molecule has 6 heteroatoms. The van der Waals surface area contributed by atoms with Gasteiger partial charge in [0, 0.05) is 16.5 Å². The molecule has 0 aliphatic heterocycles. The van der Waals surface area contributed by atoms with Crippen molar-refractivity contribution >= 4 is 48.9 Å². The van der Waals surface area contributed by atoms with Crippen LogP contribution in [0.3, 0.4) is 0 Å². The molecule has 29 heavy (non-hydrogen) atoms. The topological polar surface area (TPSA) is 66.5 Å². The number of anilines is 2. The van der Waals surface area contributed by atoms with Crippen LogP contribution in [0.2, 0.25) is 0 Å². The maximum atomic E-state index is 12.8. The third-order valence-electron chi connectivity index (χ3n) is 4.79. The zero-order valence-corrected chi connectivity index (χ0v) is 16.7. The van der Waals surface area contributed by atoms with Gasteiger partial charge < -0.3 is 5.32 Å². The summed E-state index contributed by atoms with van der Waals surface area (Å²) >= 11 is 0. The number of carbonyl (C=O) groups excluding carboxylic acids is 1. The molecule has 4 aromatic carbocycles. The summed E-state index contributed by atoms with van der Waals surface area (Å²) in [6.07, 6.45) is 1.11. The summed E-state index contributed by atoms with van der Waals surface area (Å²) in [5.41, 5.74) is 1.14. The first-order chi connectivity index (χ1) is 13.9. The minimum absolute atomic E-state index is 0.309. The molecule has 0 bridgehead atoms. The van der Waals surface area contributed by atoms with Crippen LogP contribution in [-0.2, 0) is 14.8 Å². The zero-order chi connectivity index (χ0) is 20.4. The lowest BCUT2D eigenvalue weighted by molar-refractivity contribution is -0.114. The van der Waals surface area contributed by atoms with Gasteiger partial charge in [-0.1, -0.05) is 72.8 Å². The van der Waals surface area contributed by atoms with Crippen LogP contribution in [-0.4, -0.2) is 27.1 Å². The largest absolute Gasteiger partial charge is 0.324 e. The van der Waals surface area contributed by atoms with Crippen molar-refractivity contribution in [1.82, 2.24) is 0 Å². The van der Waals surface area contributed by atoms with Gasteiger partial charge in [-0.05, 0) is 22.9 Å². The molecule has 0 saturated heterocycles. The predicted octanol–water partition coefficient (Wildman–Crippen LogP) is 4.40. The fraction of sp³-hybridized carbons (Fsp3) is 0.0870. The molecule has 0 aliphatic carbocycles. The summed E-state index contributed by atoms with van der Waals surface area (Å²) in [6.45, 7) is -0.309. The molecule has 0 spiro atoms. The second kappa shape index (κ2) is 7.56. The maximum absolute atomic E-state index is 12.8. The maximum Gasteiger partial charge on any atom is 0.245 e. The number of carbonyl (C=O) groups is 1. The molecule has 0 saturated carbocycles. The molecule has 146 valence electrons. The average Bonchev–Trinajstić information content (AvgIpc) is 2.71. The lowest BCUT2D eigenvalue weighted by atomic mass is 10.1. The molecule has 0 fully saturated rings. The summed E-state index contributed by atoms with van der Waals surface area (Å²) in [6, 6.07) is 26.3. The summed E-state index contributed by atoms with van der Waals surface area (Å²) in [5.74, 6) is -0.403. The third-order valence-corrected chi connectivity index (χ3v) is 5.91. The summed E-state index contributed by atoms with van der Waals surface area (Å²) in [5, 5.41) is 6.45. The predicted molar refractivity (Wildman–Crippen MR) is 119 cm³/mol. The SMILES string of the molecule is CS(=O)(=O)N(CC(=O)Nc1cccc2ccccc12)c1cccc2ccccc12. The number of nitrogens with zero attached hydrogens (tertiary/aromatic N) is 1. The van der Waals surface area contributed by atoms with Crippen molar-refractivity contribution in [3.8, 4) is 0 Å². The number of hydrogen-bond acceptors (Lipinski definition) is 3. The van der Waals surface area contributed by atoms with E-state index in [-0.39, 0.29) is 6.54 Å². The molecular weight excluding hydrogens is 384 g/mol. The summed E-state index contributed by atoms with van der Waals surface area (Å²) < 4.78 is 26.2. The van der Waals surface area contributed by atoms with Gasteiger partial charge in [-0.3, -0.25) is 9.10 Å². The van der Waals surface area contributed by atoms with E-state index in [2.05, 4.69) is 5.32 Å². The molecule has 5 nitrogen and oxygen atoms in total. The highest BCUT2D eigenvalue weighted by atomic mass is 32.2. The van der Waals surface area contributed by atoms with Crippen LogP contribution in [0.1, 0.15) is 0 Å². The van der Waals surface area contributed by atoms with Crippen LogP contribution >= 0.6 is 0 Å². The van der Waals surface area contributed by atoms with E-state index in [0.29, 0.717) is 11.4 Å². The number of hydrogen-bond donors (Lipinski definition) is 1. The number of benzene rings is 4. The molecule has 0 unspecified atom stereocenters. The average molecular weight is 404 g/mol. The van der Waals surface area contributed by atoms with Crippen LogP contribution in [0, 0.1) is 0 Å². The Kier molecular flexibility index (Phi) is 4.94. The van der Waals surface area contributed by atoms with E-state index in [1.807, 2.05) is 72.8 Å². The first-order valence-corrected chi connectivity index (χ1v) is 11.0. The smallest absolute Gasteiger partial charge is 0.245 e. The van der Waals surface area contributed by atoms with Crippen LogP contribution < -0.4 is 9.62 Å². The van der Waals surface area contributed by atoms with Crippen molar-refractivity contribution in [3.05, 3.63) is 84.9 Å². The van der Waals surface area contributed by atoms with Gasteiger partial charge in [-0.15, -0.1) is 0 Å². The van der Waals surface area contributed by atoms with E-state index in [4.69, 9.17) is 0 Å². The summed E-state index contributed by atoms with van der Waals surface area (Å²) in [4.78, 5) is 12.8. The van der Waals surface area contributed by atoms with Gasteiger partial charge in [0.25, 0.3) is 0 Å². The number of fused-ring (bicyclic) bond motifs is 2. The summed E-state index contributed by atoms with van der Waals surface area (Å²) in [7, 11) is -3.67. The van der Waals surface area contributed by atoms with Gasteiger partial charge in [0.15, 0.2) is 0 Å². The van der Waals surface area contributed by atoms with Crippen molar-refractivity contribution in [2.24, 2.45) is 0 Å². The highest BCUT2D eigenvalue weighted by molar-refractivity contribution is 7.92. The van der Waals surface area contributed by atoms with Gasteiger partial charge in [0.2, 0.25) is 15.9 Å². The first kappa shape index (κ1) is 19.0. The van der Waals surface area contributed by atoms with Crippen molar-refractivity contribution in [2.75, 3.05) is 22.4 Å². The lowest BCUT2D eigenvalue weighted by Crippen LogP contribution is -2.37. The zero-order valence-electron chi connectivity index (χ0n) is 15.9. The Balaban J connectivity index is 1.68. The molecule has 0 aliphatic rings. The van der Waals surface area contributed by atoms with E-state index in [9.17, 15) is 13.2 Å². The van der Waals surface area contributed by atoms with E-state index in [1.54, 1.807) is 12.1 Å². The van der Waals surface area contributed by atoms with Crippen LogP contribution in [0.4, 0.5) is 11.4 Å². The standard InChI is InChI=1S/C23H20N2O3S/c1-29(27,28)25(22-15-7-11-18-9-3-5-13-20(18)22)16-23(26)24-21-14-6-10-17-8-2-4-12-19(17)21/h2-15H,16H2,1H3,(H,24,26). The van der Waals surface area contributed by atoms with Gasteiger partial charge in [0.05, 0.1) is 11.9 Å². The van der Waals surface area contributed by atoms with Crippen LogP contribution in [0.15, 0.2) is 84.9 Å². The number of nitrogens with one attached hydrogen (secondary N) is 1. The Morgan fingerprint density at radius 3 is 2.03 bits per heavy atom. The van der Waals surface area contributed by atoms with Crippen molar-refractivity contribution in [1.29, 1.82) is 0 Å². The second-order valence-electron chi connectivity index (χ2n) is 6.84. The van der Waals surface area contributed by atoms with E-state index >= 15 is 0 Å². The van der Waals surface area contributed by atoms with Gasteiger partial charge in [-0.2, -0.15) is 0 Å². The Bertz CT molecular complexity index is 1310. The first-order valence-electron chi connectivity index (χ1n) is 9.16. The Hall–Kier alpha value is -3.38. The van der Waals surface area contributed by atoms with Gasteiger partial charge in [-0.25, -0.2) is 8.42 Å². The van der Waals surface area contributed by atoms with Crippen molar-refractivity contribution in [2.45, 2.75) is 0 Å². The second-order valence-corrected chi connectivity index (χ2v) is 8.75. The molecule has 0 heterocycles. The van der Waals surface area contributed by atoms with E-state index in [1.165, 1.54) is 0 Å². The Morgan fingerprint density at radius 1 is 0.793 bits per heavy atom. The fourth-order valence-corrected chi connectivity index (χ4v) is 4.33. The van der Waals surface area contributed by atoms with Crippen molar-refractivity contribution in [3.63, 3.8) is 0 Å². The lowest BCUT2D eigenvalue weighted by Gasteiger charge is -2.23. The van der Waals surface area contributed by atoms with Gasteiger partial charge in [0.1, 0.15) is 6.54 Å². The number of rotatable bonds is 5. The number of amides is 1. The Labute approximate surface area is 169 Å². The minimum atomic E-state index is -3.67. The third kappa shape index (κ3) is 3.93. The van der Waals surface area contributed by atoms with E-state index in [0.717, 1.165) is 32.1 Å². The minimum Gasteiger partial charge on any atom is -0.324 e. The molecule has 1 N–H and O–H groups in total. The molecule has 1 amide bonds. The number of sulfonamides is 1. The highest BCUT2D eigenvalue weighted by Gasteiger charge is 2.22. The molecule has 0 atom stereocenters. The molecule has 0 aromatic heterocycles. The normalized spacial score (nSPS) is 11.5. The molecular formula is C23H20N2O3S. The molecule has 4 aromatic rings. The molecule has 0 radical (unpaired) electrons. The van der Waals surface area contributed by atoms with E-state index < -0.39 is 15.9 Å². The van der Waals surface area contributed by atoms with Gasteiger partial charge >= 0.3 is 0 Å². The quantitative estimate of drug-likeness (QED) is 0.536. The monoisotopic (exact) mass is 404 g/mol. The van der Waals surface area contributed by atoms with Crippen molar-refractivity contribution < 1.29 is 13.2 Å². The highest BCUT2D eigenvalue weighted by Crippen LogP contribution is 2.29. The van der Waals surface area contributed by atoms with Crippen LogP contribution in [0.25, 0.3) is 21.5 Å². The fourth-order valence-electron chi connectivity index (χ4n) is 3.46. The molecule has 4 rings (SSSR count). The Morgan fingerprint density at radius 2 is 1.34 bits per heavy atom.